The van der Waals surface area contributed by atoms with Gasteiger partial charge in [0.15, 0.2) is 0 Å². The highest BCUT2D eigenvalue weighted by Gasteiger charge is 2.31. The molecular formula is C23H29F3N4O2. The third-order valence-electron chi connectivity index (χ3n) is 5.08. The number of ether oxygens (including phenoxy) is 2. The summed E-state index contributed by atoms with van der Waals surface area (Å²) in [6.07, 6.45) is 1.59. The van der Waals surface area contributed by atoms with Crippen LogP contribution in [0, 0.1) is 0 Å². The molecule has 2 N–H and O–H groups in total. The Hall–Kier alpha value is -2.74. The maximum atomic E-state index is 12.4. The van der Waals surface area contributed by atoms with Crippen molar-refractivity contribution < 1.29 is 22.6 Å². The zero-order valence-corrected chi connectivity index (χ0v) is 18.2. The molecule has 2 heterocycles. The summed E-state index contributed by atoms with van der Waals surface area (Å²) in [5.41, 5.74) is 5.65. The van der Waals surface area contributed by atoms with Gasteiger partial charge in [-0.2, -0.15) is 0 Å². The molecule has 6 nitrogen and oxygen atoms in total. The summed E-state index contributed by atoms with van der Waals surface area (Å²) in [6, 6.07) is 5.62. The Morgan fingerprint density at radius 3 is 2.62 bits per heavy atom. The van der Waals surface area contributed by atoms with Crippen molar-refractivity contribution >= 4 is 11.5 Å². The number of amidine groups is 1. The molecule has 9 heteroatoms. The van der Waals surface area contributed by atoms with Crippen LogP contribution in [0.2, 0.25) is 0 Å². The van der Waals surface area contributed by atoms with Crippen molar-refractivity contribution in [1.82, 2.24) is 10.2 Å². The van der Waals surface area contributed by atoms with Gasteiger partial charge >= 0.3 is 6.36 Å². The maximum Gasteiger partial charge on any atom is 0.573 e. The number of benzene rings is 1. The van der Waals surface area contributed by atoms with Crippen LogP contribution in [0.3, 0.4) is 0 Å². The molecule has 2 aliphatic heterocycles. The van der Waals surface area contributed by atoms with E-state index in [0.29, 0.717) is 11.5 Å². The number of anilines is 1. The first kappa shape index (κ1) is 23.9. The first-order valence-corrected chi connectivity index (χ1v) is 10.8. The number of allylic oxidation sites excluding steroid dienone is 1. The third kappa shape index (κ3) is 7.75. The van der Waals surface area contributed by atoms with Gasteiger partial charge in [-0.05, 0) is 37.1 Å². The SMILES string of the molecule is CCCCC1=C(NCCN2CCOCC2)C=C=CN=C1Nc1ccc(OC(F)(F)F)cc1. The second-order valence-corrected chi connectivity index (χ2v) is 7.49. The number of halogens is 3. The van der Waals surface area contributed by atoms with E-state index in [2.05, 4.69) is 37.9 Å². The lowest BCUT2D eigenvalue weighted by Gasteiger charge is -2.27. The molecule has 0 amide bonds. The predicted octanol–water partition coefficient (Wildman–Crippen LogP) is 4.44. The van der Waals surface area contributed by atoms with Gasteiger partial charge in [0.2, 0.25) is 0 Å². The molecule has 0 spiro atoms. The average Bonchev–Trinajstić information content (AvgIpc) is 2.95. The van der Waals surface area contributed by atoms with E-state index >= 15 is 0 Å². The second-order valence-electron chi connectivity index (χ2n) is 7.49. The Balaban J connectivity index is 1.70. The molecule has 174 valence electrons. The zero-order chi connectivity index (χ0) is 22.8. The van der Waals surface area contributed by atoms with Crippen LogP contribution in [0.1, 0.15) is 26.2 Å². The van der Waals surface area contributed by atoms with Gasteiger partial charge in [-0.3, -0.25) is 4.90 Å². The first-order valence-electron chi connectivity index (χ1n) is 10.8. The number of nitrogens with zero attached hydrogens (tertiary/aromatic N) is 2. The van der Waals surface area contributed by atoms with Crippen molar-refractivity contribution in [1.29, 1.82) is 0 Å². The summed E-state index contributed by atoms with van der Waals surface area (Å²) < 4.78 is 46.5. The molecule has 0 atom stereocenters. The third-order valence-corrected chi connectivity index (χ3v) is 5.08. The topological polar surface area (TPSA) is 58.1 Å². The van der Waals surface area contributed by atoms with Crippen LogP contribution < -0.4 is 15.4 Å². The number of unbranched alkanes of at least 4 members (excludes halogenated alkanes) is 1. The number of alkyl halides is 3. The van der Waals surface area contributed by atoms with Crippen LogP contribution in [-0.4, -0.2) is 56.5 Å². The predicted molar refractivity (Wildman–Crippen MR) is 119 cm³/mol. The van der Waals surface area contributed by atoms with Gasteiger partial charge in [0.25, 0.3) is 0 Å². The van der Waals surface area contributed by atoms with E-state index in [0.717, 1.165) is 69.9 Å². The maximum absolute atomic E-state index is 12.4. The Labute approximate surface area is 186 Å². The lowest BCUT2D eigenvalue weighted by molar-refractivity contribution is -0.274. The minimum absolute atomic E-state index is 0.264. The van der Waals surface area contributed by atoms with Gasteiger partial charge in [-0.15, -0.1) is 13.2 Å². The molecule has 0 unspecified atom stereocenters. The Morgan fingerprint density at radius 1 is 1.19 bits per heavy atom. The Kier molecular flexibility index (Phi) is 8.79. The minimum Gasteiger partial charge on any atom is -0.406 e. The second kappa shape index (κ2) is 11.8. The van der Waals surface area contributed by atoms with Gasteiger partial charge in [0.05, 0.1) is 19.4 Å². The van der Waals surface area contributed by atoms with Crippen molar-refractivity contribution in [3.05, 3.63) is 53.5 Å². The number of hydrogen-bond donors (Lipinski definition) is 2. The van der Waals surface area contributed by atoms with Crippen LogP contribution in [0.15, 0.2) is 58.5 Å². The van der Waals surface area contributed by atoms with Crippen LogP contribution >= 0.6 is 0 Å². The smallest absolute Gasteiger partial charge is 0.406 e. The van der Waals surface area contributed by atoms with E-state index in [1.165, 1.54) is 24.3 Å². The zero-order valence-electron chi connectivity index (χ0n) is 18.2. The average molecular weight is 451 g/mol. The fourth-order valence-electron chi connectivity index (χ4n) is 3.44. The normalized spacial score (nSPS) is 17.2. The quantitative estimate of drug-likeness (QED) is 0.545. The monoisotopic (exact) mass is 450 g/mol. The molecule has 1 fully saturated rings. The lowest BCUT2D eigenvalue weighted by atomic mass is 10.0. The highest BCUT2D eigenvalue weighted by Crippen LogP contribution is 2.25. The largest absolute Gasteiger partial charge is 0.573 e. The van der Waals surface area contributed by atoms with Crippen LogP contribution in [-0.2, 0) is 4.74 Å². The van der Waals surface area contributed by atoms with Crippen molar-refractivity contribution in [2.45, 2.75) is 32.5 Å². The van der Waals surface area contributed by atoms with E-state index in [-0.39, 0.29) is 5.75 Å². The van der Waals surface area contributed by atoms with Crippen LogP contribution in [0.5, 0.6) is 5.75 Å². The number of morpholine rings is 1. The molecular weight excluding hydrogens is 421 g/mol. The van der Waals surface area contributed by atoms with Crippen LogP contribution in [0.25, 0.3) is 0 Å². The fraction of sp³-hybridized carbons (Fsp3) is 0.478. The molecule has 0 aliphatic carbocycles. The van der Waals surface area contributed by atoms with Gasteiger partial charge in [-0.25, -0.2) is 4.99 Å². The number of hydrogen-bond acceptors (Lipinski definition) is 6. The van der Waals surface area contributed by atoms with E-state index in [9.17, 15) is 13.2 Å². The fourth-order valence-corrected chi connectivity index (χ4v) is 3.44. The molecule has 0 aromatic heterocycles. The van der Waals surface area contributed by atoms with Crippen molar-refractivity contribution in [2.24, 2.45) is 4.99 Å². The molecule has 0 saturated carbocycles. The molecule has 32 heavy (non-hydrogen) atoms. The van der Waals surface area contributed by atoms with Gasteiger partial charge in [-0.1, -0.05) is 19.1 Å². The van der Waals surface area contributed by atoms with Crippen LogP contribution in [0.4, 0.5) is 18.9 Å². The Morgan fingerprint density at radius 2 is 1.94 bits per heavy atom. The molecule has 0 bridgehead atoms. The highest BCUT2D eigenvalue weighted by atomic mass is 19.4. The summed E-state index contributed by atoms with van der Waals surface area (Å²) in [6.45, 7) is 7.20. The highest BCUT2D eigenvalue weighted by molar-refractivity contribution is 6.09. The summed E-state index contributed by atoms with van der Waals surface area (Å²) >= 11 is 0. The van der Waals surface area contributed by atoms with Gasteiger partial charge in [0.1, 0.15) is 11.6 Å². The molecule has 3 rings (SSSR count). The molecule has 1 aromatic carbocycles. The van der Waals surface area contributed by atoms with Crippen molar-refractivity contribution in [3.63, 3.8) is 0 Å². The van der Waals surface area contributed by atoms with Crippen molar-refractivity contribution in [2.75, 3.05) is 44.7 Å². The number of nitrogens with one attached hydrogen (secondary N) is 2. The van der Waals surface area contributed by atoms with E-state index in [1.807, 2.05) is 6.08 Å². The Bertz CT molecular complexity index is 866. The molecule has 1 saturated heterocycles. The molecule has 2 aliphatic rings. The van der Waals surface area contributed by atoms with Crippen molar-refractivity contribution in [3.8, 4) is 5.75 Å². The summed E-state index contributed by atoms with van der Waals surface area (Å²) in [4.78, 5) is 6.84. The van der Waals surface area contributed by atoms with Gasteiger partial charge < -0.3 is 20.1 Å². The summed E-state index contributed by atoms with van der Waals surface area (Å²) in [5, 5.41) is 6.75. The number of rotatable bonds is 9. The lowest BCUT2D eigenvalue weighted by Crippen LogP contribution is -2.40. The first-order chi connectivity index (χ1) is 15.4. The minimum atomic E-state index is -4.71. The number of aliphatic imine (C=N–C) groups is 1. The summed E-state index contributed by atoms with van der Waals surface area (Å²) in [7, 11) is 0. The standard InChI is InChI=1S/C23H29F3N4O2/c1-2-3-5-20-21(27-12-13-30-14-16-31-17-15-30)6-4-11-28-22(20)29-18-7-9-19(10-8-18)32-23(24,25)26/h6-11,27H,2-3,5,12-17H2,1H3,(H,28,29). The van der Waals surface area contributed by atoms with E-state index in [1.54, 1.807) is 6.20 Å². The van der Waals surface area contributed by atoms with E-state index in [4.69, 9.17) is 4.74 Å². The van der Waals surface area contributed by atoms with Gasteiger partial charge in [0, 0.05) is 49.2 Å². The molecule has 0 radical (unpaired) electrons. The summed E-state index contributed by atoms with van der Waals surface area (Å²) in [5.74, 6) is 0.387. The van der Waals surface area contributed by atoms with E-state index < -0.39 is 6.36 Å². The molecule has 1 aromatic rings.